The molecule has 0 aliphatic rings. The van der Waals surface area contributed by atoms with E-state index in [1.165, 1.54) is 5.56 Å². The zero-order chi connectivity index (χ0) is 14.3. The van der Waals surface area contributed by atoms with Crippen LogP contribution in [0.2, 0.25) is 0 Å². The van der Waals surface area contributed by atoms with Crippen LogP contribution in [0.15, 0.2) is 29.2 Å². The Kier molecular flexibility index (Phi) is 6.43. The molecule has 0 atom stereocenters. The summed E-state index contributed by atoms with van der Waals surface area (Å²) in [6.45, 7) is 9.53. The van der Waals surface area contributed by atoms with Crippen LogP contribution in [0.3, 0.4) is 0 Å². The summed E-state index contributed by atoms with van der Waals surface area (Å²) >= 11 is 1.59. The summed E-state index contributed by atoms with van der Waals surface area (Å²) in [5.74, 6) is 0.622. The Labute approximate surface area is 121 Å². The Morgan fingerprint density at radius 1 is 1.21 bits per heavy atom. The van der Waals surface area contributed by atoms with E-state index in [0.717, 1.165) is 24.3 Å². The summed E-state index contributed by atoms with van der Waals surface area (Å²) < 4.78 is 0. The highest BCUT2D eigenvalue weighted by atomic mass is 32.2. The molecule has 0 saturated heterocycles. The number of thioether (sulfide) groups is 1. The molecule has 1 N–H and O–H groups in total. The van der Waals surface area contributed by atoms with Gasteiger partial charge in [-0.3, -0.25) is 4.79 Å². The van der Waals surface area contributed by atoms with Crippen LogP contribution in [0.4, 0.5) is 0 Å². The van der Waals surface area contributed by atoms with Gasteiger partial charge in [0.25, 0.3) is 0 Å². The van der Waals surface area contributed by atoms with Gasteiger partial charge in [0, 0.05) is 11.4 Å². The molecular weight excluding hydrogens is 254 g/mol. The van der Waals surface area contributed by atoms with Gasteiger partial charge in [-0.1, -0.05) is 46.2 Å². The van der Waals surface area contributed by atoms with Crippen molar-refractivity contribution in [2.24, 2.45) is 0 Å². The number of rotatable bonds is 6. The van der Waals surface area contributed by atoms with Gasteiger partial charge in [0.05, 0.1) is 5.75 Å². The zero-order valence-corrected chi connectivity index (χ0v) is 13.3. The van der Waals surface area contributed by atoms with E-state index < -0.39 is 0 Å². The number of unbranched alkanes of at least 4 members (excludes halogenated alkanes) is 1. The lowest BCUT2D eigenvalue weighted by molar-refractivity contribution is -0.118. The first-order valence-corrected chi connectivity index (χ1v) is 7.92. The highest BCUT2D eigenvalue weighted by Gasteiger charge is 2.13. The standard InChI is InChI=1S/C16H25NOS/c1-5-6-11-17-15(18)12-19-14-9-7-13(8-10-14)16(2,3)4/h7-10H,5-6,11-12H2,1-4H3,(H,17,18). The Bertz CT molecular complexity index is 392. The van der Waals surface area contributed by atoms with Crippen molar-refractivity contribution in [3.05, 3.63) is 29.8 Å². The quantitative estimate of drug-likeness (QED) is 0.630. The number of hydrogen-bond donors (Lipinski definition) is 1. The van der Waals surface area contributed by atoms with Crippen molar-refractivity contribution in [1.82, 2.24) is 5.32 Å². The molecule has 0 aliphatic carbocycles. The predicted octanol–water partition coefficient (Wildman–Crippen LogP) is 3.99. The fraction of sp³-hybridized carbons (Fsp3) is 0.562. The zero-order valence-electron chi connectivity index (χ0n) is 12.5. The first-order valence-electron chi connectivity index (χ1n) is 6.93. The second-order valence-electron chi connectivity index (χ2n) is 5.77. The monoisotopic (exact) mass is 279 g/mol. The molecule has 0 aliphatic heterocycles. The molecule has 0 aromatic heterocycles. The van der Waals surface area contributed by atoms with Crippen molar-refractivity contribution >= 4 is 17.7 Å². The lowest BCUT2D eigenvalue weighted by atomic mass is 9.87. The number of carbonyl (C=O) groups is 1. The maximum absolute atomic E-state index is 11.6. The Morgan fingerprint density at radius 3 is 2.37 bits per heavy atom. The molecule has 106 valence electrons. The van der Waals surface area contributed by atoms with E-state index in [1.54, 1.807) is 11.8 Å². The second kappa shape index (κ2) is 7.59. The van der Waals surface area contributed by atoms with Gasteiger partial charge in [0.2, 0.25) is 5.91 Å². The van der Waals surface area contributed by atoms with Crippen LogP contribution in [0, 0.1) is 0 Å². The van der Waals surface area contributed by atoms with Gasteiger partial charge in [-0.15, -0.1) is 11.8 Å². The van der Waals surface area contributed by atoms with Crippen molar-refractivity contribution in [2.75, 3.05) is 12.3 Å². The highest BCUT2D eigenvalue weighted by molar-refractivity contribution is 8.00. The number of carbonyl (C=O) groups excluding carboxylic acids is 1. The average Bonchev–Trinajstić information content (AvgIpc) is 2.36. The number of benzene rings is 1. The molecular formula is C16H25NOS. The lowest BCUT2D eigenvalue weighted by Gasteiger charge is -2.19. The summed E-state index contributed by atoms with van der Waals surface area (Å²) in [5.41, 5.74) is 1.50. The molecule has 0 heterocycles. The summed E-state index contributed by atoms with van der Waals surface area (Å²) in [7, 11) is 0. The fourth-order valence-corrected chi connectivity index (χ4v) is 2.38. The summed E-state index contributed by atoms with van der Waals surface area (Å²) in [4.78, 5) is 12.7. The first-order chi connectivity index (χ1) is 8.93. The molecule has 1 amide bonds. The van der Waals surface area contributed by atoms with E-state index in [4.69, 9.17) is 0 Å². The molecule has 0 radical (unpaired) electrons. The maximum atomic E-state index is 11.6. The lowest BCUT2D eigenvalue weighted by Crippen LogP contribution is -2.25. The third-order valence-electron chi connectivity index (χ3n) is 2.94. The van der Waals surface area contributed by atoms with Crippen molar-refractivity contribution < 1.29 is 4.79 Å². The van der Waals surface area contributed by atoms with Crippen LogP contribution in [0.25, 0.3) is 0 Å². The van der Waals surface area contributed by atoms with Gasteiger partial charge in [0.15, 0.2) is 0 Å². The highest BCUT2D eigenvalue weighted by Crippen LogP contribution is 2.25. The maximum Gasteiger partial charge on any atom is 0.230 e. The minimum Gasteiger partial charge on any atom is -0.355 e. The Morgan fingerprint density at radius 2 is 1.84 bits per heavy atom. The van der Waals surface area contributed by atoms with Crippen molar-refractivity contribution in [2.45, 2.75) is 50.8 Å². The van der Waals surface area contributed by atoms with Gasteiger partial charge in [-0.2, -0.15) is 0 Å². The smallest absolute Gasteiger partial charge is 0.230 e. The molecule has 0 bridgehead atoms. The van der Waals surface area contributed by atoms with E-state index >= 15 is 0 Å². The molecule has 1 aromatic carbocycles. The molecule has 1 aromatic rings. The Balaban J connectivity index is 2.40. The van der Waals surface area contributed by atoms with Gasteiger partial charge in [-0.25, -0.2) is 0 Å². The Hall–Kier alpha value is -0.960. The summed E-state index contributed by atoms with van der Waals surface area (Å²) in [6.07, 6.45) is 2.17. The number of amides is 1. The number of hydrogen-bond acceptors (Lipinski definition) is 2. The van der Waals surface area contributed by atoms with Crippen LogP contribution < -0.4 is 5.32 Å². The molecule has 0 fully saturated rings. The third-order valence-corrected chi connectivity index (χ3v) is 3.95. The van der Waals surface area contributed by atoms with Crippen molar-refractivity contribution in [1.29, 1.82) is 0 Å². The van der Waals surface area contributed by atoms with Gasteiger partial charge in [0.1, 0.15) is 0 Å². The molecule has 3 heteroatoms. The molecule has 1 rings (SSSR count). The summed E-state index contributed by atoms with van der Waals surface area (Å²) in [6, 6.07) is 8.50. The molecule has 0 spiro atoms. The minimum atomic E-state index is 0.123. The largest absolute Gasteiger partial charge is 0.355 e. The third kappa shape index (κ3) is 6.15. The fourth-order valence-electron chi connectivity index (χ4n) is 1.66. The van der Waals surface area contributed by atoms with Gasteiger partial charge < -0.3 is 5.32 Å². The topological polar surface area (TPSA) is 29.1 Å². The van der Waals surface area contributed by atoms with Crippen molar-refractivity contribution in [3.8, 4) is 0 Å². The normalized spacial score (nSPS) is 11.4. The SMILES string of the molecule is CCCCNC(=O)CSc1ccc(C(C)(C)C)cc1. The average molecular weight is 279 g/mol. The van der Waals surface area contributed by atoms with Gasteiger partial charge in [-0.05, 0) is 29.5 Å². The number of nitrogens with one attached hydrogen (secondary N) is 1. The van der Waals surface area contributed by atoms with E-state index in [0.29, 0.717) is 5.75 Å². The molecule has 0 saturated carbocycles. The van der Waals surface area contributed by atoms with Crippen LogP contribution in [0.1, 0.15) is 46.1 Å². The van der Waals surface area contributed by atoms with Crippen molar-refractivity contribution in [3.63, 3.8) is 0 Å². The van der Waals surface area contributed by atoms with Crippen LogP contribution in [-0.2, 0) is 10.2 Å². The van der Waals surface area contributed by atoms with E-state index in [1.807, 2.05) is 0 Å². The van der Waals surface area contributed by atoms with E-state index in [2.05, 4.69) is 57.3 Å². The second-order valence-corrected chi connectivity index (χ2v) is 6.82. The molecule has 19 heavy (non-hydrogen) atoms. The van der Waals surface area contributed by atoms with Crippen LogP contribution in [-0.4, -0.2) is 18.2 Å². The van der Waals surface area contributed by atoms with E-state index in [-0.39, 0.29) is 11.3 Å². The van der Waals surface area contributed by atoms with Gasteiger partial charge >= 0.3 is 0 Å². The first kappa shape index (κ1) is 16.1. The van der Waals surface area contributed by atoms with Crippen LogP contribution >= 0.6 is 11.8 Å². The predicted molar refractivity (Wildman–Crippen MR) is 83.8 cm³/mol. The van der Waals surface area contributed by atoms with Crippen LogP contribution in [0.5, 0.6) is 0 Å². The molecule has 0 unspecified atom stereocenters. The summed E-state index contributed by atoms with van der Waals surface area (Å²) in [5, 5.41) is 2.93. The van der Waals surface area contributed by atoms with E-state index in [9.17, 15) is 4.79 Å². The molecule has 2 nitrogen and oxygen atoms in total. The minimum absolute atomic E-state index is 0.123.